The van der Waals surface area contributed by atoms with Crippen molar-refractivity contribution in [2.75, 3.05) is 13.1 Å². The lowest BCUT2D eigenvalue weighted by Gasteiger charge is -2.22. The summed E-state index contributed by atoms with van der Waals surface area (Å²) in [6.07, 6.45) is -4.12. The minimum atomic E-state index is -5.19. The maximum absolute atomic E-state index is 10.5. The largest absolute Gasteiger partial charge is 0.542 e. The highest BCUT2D eigenvalue weighted by Crippen LogP contribution is 2.20. The molecule has 0 atom stereocenters. The molecule has 4 aromatic carbocycles. The van der Waals surface area contributed by atoms with Crippen molar-refractivity contribution >= 4 is 37.8 Å². The molecule has 0 aliphatic heterocycles. The van der Waals surface area contributed by atoms with Gasteiger partial charge in [0.15, 0.2) is 0 Å². The summed E-state index contributed by atoms with van der Waals surface area (Å²) >= 11 is 6.94. The number of carbonyl (C=O) groups excluding carboxylic acids is 1. The molecule has 0 aliphatic carbocycles. The quantitative estimate of drug-likeness (QED) is 0.174. The molecular formula is C33H33Br2F3N2O4. The Labute approximate surface area is 271 Å². The van der Waals surface area contributed by atoms with E-state index in [0.29, 0.717) is 13.2 Å². The van der Waals surface area contributed by atoms with Crippen LogP contribution in [0.25, 0.3) is 0 Å². The normalized spacial score (nSPS) is 11.1. The highest BCUT2D eigenvalue weighted by Gasteiger charge is 2.28. The number of carboxylic acids is 1. The van der Waals surface area contributed by atoms with Crippen molar-refractivity contribution in [1.82, 2.24) is 4.90 Å². The molecule has 0 saturated heterocycles. The molecule has 44 heavy (non-hydrogen) atoms. The van der Waals surface area contributed by atoms with Gasteiger partial charge < -0.3 is 25.1 Å². The van der Waals surface area contributed by atoms with Crippen LogP contribution in [-0.2, 0) is 31.1 Å². The van der Waals surface area contributed by atoms with Crippen LogP contribution in [0.4, 0.5) is 13.2 Å². The van der Waals surface area contributed by atoms with Crippen LogP contribution in [-0.4, -0.2) is 30.1 Å². The van der Waals surface area contributed by atoms with E-state index in [2.05, 4.69) is 115 Å². The number of halogens is 5. The van der Waals surface area contributed by atoms with Gasteiger partial charge in [-0.25, -0.2) is 0 Å². The first-order valence-electron chi connectivity index (χ1n) is 13.7. The number of alkyl halides is 3. The summed E-state index contributed by atoms with van der Waals surface area (Å²) in [6.45, 7) is 4.83. The minimum absolute atomic E-state index is 0.561. The monoisotopic (exact) mass is 736 g/mol. The molecule has 0 aromatic heterocycles. The Morgan fingerprint density at radius 3 is 1.34 bits per heavy atom. The summed E-state index contributed by atoms with van der Waals surface area (Å²) in [5, 5.41) is 8.78. The first-order chi connectivity index (χ1) is 21.0. The second-order valence-corrected chi connectivity index (χ2v) is 11.7. The van der Waals surface area contributed by atoms with Crippen LogP contribution in [0, 0.1) is 0 Å². The molecule has 0 fully saturated rings. The molecule has 6 nitrogen and oxygen atoms in total. The Kier molecular flexibility index (Phi) is 14.2. The van der Waals surface area contributed by atoms with Gasteiger partial charge in [0.05, 0.1) is 6.54 Å². The summed E-state index contributed by atoms with van der Waals surface area (Å²) in [5.74, 6) is -1.24. The molecule has 0 aliphatic rings. The predicted molar refractivity (Wildman–Crippen MR) is 167 cm³/mol. The van der Waals surface area contributed by atoms with Crippen LogP contribution in [0.2, 0.25) is 0 Å². The van der Waals surface area contributed by atoms with Crippen molar-refractivity contribution in [2.24, 2.45) is 0 Å². The number of hydrogen-bond donors (Lipinski definition) is 1. The number of rotatable bonds is 13. The predicted octanol–water partition coefficient (Wildman–Crippen LogP) is 6.30. The van der Waals surface area contributed by atoms with Crippen molar-refractivity contribution in [3.05, 3.63) is 128 Å². The van der Waals surface area contributed by atoms with Gasteiger partial charge in [-0.1, -0.05) is 80.4 Å². The van der Waals surface area contributed by atoms with E-state index < -0.39 is 12.1 Å². The highest BCUT2D eigenvalue weighted by molar-refractivity contribution is 9.10. The average Bonchev–Trinajstić information content (AvgIpc) is 3.00. The summed E-state index contributed by atoms with van der Waals surface area (Å²) in [7, 11) is 0. The lowest BCUT2D eigenvalue weighted by molar-refractivity contribution is -0.368. The molecule has 0 saturated carbocycles. The topological polar surface area (TPSA) is 89.5 Å². The van der Waals surface area contributed by atoms with Crippen molar-refractivity contribution < 1.29 is 38.3 Å². The maximum Gasteiger partial charge on any atom is 0.430 e. The van der Waals surface area contributed by atoms with Crippen LogP contribution >= 0.6 is 31.9 Å². The molecule has 0 amide bonds. The number of carbonyl (C=O) groups is 1. The van der Waals surface area contributed by atoms with E-state index in [1.54, 1.807) is 0 Å². The molecule has 0 radical (unpaired) electrons. The number of quaternary nitrogens is 1. The van der Waals surface area contributed by atoms with Gasteiger partial charge >= 0.3 is 6.18 Å². The molecule has 4 rings (SSSR count). The number of benzene rings is 4. The Hall–Kier alpha value is -3.38. The van der Waals surface area contributed by atoms with Gasteiger partial charge in [0.2, 0.25) is 0 Å². The van der Waals surface area contributed by atoms with Crippen LogP contribution in [0.1, 0.15) is 28.7 Å². The van der Waals surface area contributed by atoms with Gasteiger partial charge in [-0.15, -0.1) is 0 Å². The van der Waals surface area contributed by atoms with Crippen molar-refractivity contribution in [3.63, 3.8) is 0 Å². The van der Waals surface area contributed by atoms with E-state index in [-0.39, 0.29) is 0 Å². The van der Waals surface area contributed by atoms with Crippen LogP contribution in [0.3, 0.4) is 0 Å². The van der Waals surface area contributed by atoms with Crippen molar-refractivity contribution in [2.45, 2.75) is 38.9 Å². The summed E-state index contributed by atoms with van der Waals surface area (Å²) in [4.78, 5) is 11.3. The Morgan fingerprint density at radius 1 is 0.682 bits per heavy atom. The number of hydrogen-bond acceptors (Lipinski definition) is 5. The van der Waals surface area contributed by atoms with Crippen LogP contribution < -0.4 is 20.3 Å². The molecule has 11 heteroatoms. The molecule has 234 valence electrons. The molecular weight excluding hydrogens is 705 g/mol. The standard InChI is InChI=1S/C31H32Br2N2O2.C2HF3O2/c32-28-10-2-26(3-11-28)22-36-30-14-6-24(7-15-30)20-35(19-1-18-34)21-25-8-16-31(17-9-25)37-23-27-4-12-29(33)13-5-27;3-2(4,5)1(6)7/h2-17H,1,18-23,34H2;(H,6,7). The summed E-state index contributed by atoms with van der Waals surface area (Å²) in [5.41, 5.74) is 8.87. The molecule has 0 spiro atoms. The van der Waals surface area contributed by atoms with Crippen LogP contribution in [0.15, 0.2) is 106 Å². The fourth-order valence-corrected chi connectivity index (χ4v) is 4.47. The fourth-order valence-electron chi connectivity index (χ4n) is 3.94. The van der Waals surface area contributed by atoms with Gasteiger partial charge in [-0.2, -0.15) is 13.2 Å². The lowest BCUT2D eigenvalue weighted by Crippen LogP contribution is -2.51. The smallest absolute Gasteiger partial charge is 0.430 e. The summed E-state index contributed by atoms with van der Waals surface area (Å²) in [6, 6.07) is 33.3. The maximum atomic E-state index is 10.5. The second-order valence-electron chi connectivity index (χ2n) is 9.82. The fraction of sp³-hybridized carbons (Fsp3) is 0.242. The number of ether oxygens (including phenoxy) is 2. The van der Waals surface area contributed by atoms with E-state index in [0.717, 1.165) is 64.2 Å². The molecule has 4 aromatic rings. The van der Waals surface area contributed by atoms with E-state index in [9.17, 15) is 13.2 Å². The van der Waals surface area contributed by atoms with E-state index in [4.69, 9.17) is 19.4 Å². The van der Waals surface area contributed by atoms with E-state index in [1.807, 2.05) is 24.3 Å². The number of carboxylic acid groups (broad SMARTS) is 1. The zero-order chi connectivity index (χ0) is 32.0. The molecule has 0 unspecified atom stereocenters. The van der Waals surface area contributed by atoms with Gasteiger partial charge in [0.25, 0.3) is 0 Å². The van der Waals surface area contributed by atoms with E-state index >= 15 is 0 Å². The molecule has 3 N–H and O–H groups in total. The Balaban J connectivity index is 0.000000676. The Morgan fingerprint density at radius 2 is 1.02 bits per heavy atom. The zero-order valence-electron chi connectivity index (χ0n) is 23.9. The third-order valence-electron chi connectivity index (χ3n) is 6.25. The molecule has 0 heterocycles. The first-order valence-corrected chi connectivity index (χ1v) is 15.3. The second kappa shape index (κ2) is 17.8. The SMILES string of the molecule is O=C([O-])C(F)(F)F.[NH3+]CCCN(Cc1ccc(OCc2ccc(Br)cc2)cc1)Cc1ccc(OCc2ccc(Br)cc2)cc1. The van der Waals surface area contributed by atoms with Gasteiger partial charge in [-0.05, 0) is 70.8 Å². The third-order valence-corrected chi connectivity index (χ3v) is 7.31. The Bertz CT molecular complexity index is 1320. The third kappa shape index (κ3) is 13.1. The minimum Gasteiger partial charge on any atom is -0.542 e. The lowest BCUT2D eigenvalue weighted by atomic mass is 10.1. The number of nitrogens with zero attached hydrogens (tertiary/aromatic N) is 1. The highest BCUT2D eigenvalue weighted by atomic mass is 79.9. The number of aliphatic carboxylic acids is 1. The van der Waals surface area contributed by atoms with Gasteiger partial charge in [0, 0.05) is 35.0 Å². The van der Waals surface area contributed by atoms with Gasteiger partial charge in [0.1, 0.15) is 30.7 Å². The first kappa shape index (κ1) is 35.1. The van der Waals surface area contributed by atoms with Crippen molar-refractivity contribution in [3.8, 4) is 11.5 Å². The summed E-state index contributed by atoms with van der Waals surface area (Å²) < 4.78 is 45.6. The van der Waals surface area contributed by atoms with Crippen molar-refractivity contribution in [1.29, 1.82) is 0 Å². The van der Waals surface area contributed by atoms with Gasteiger partial charge in [-0.3, -0.25) is 4.90 Å². The van der Waals surface area contributed by atoms with E-state index in [1.165, 1.54) is 11.1 Å². The zero-order valence-corrected chi connectivity index (χ0v) is 27.0. The average molecular weight is 738 g/mol. The van der Waals surface area contributed by atoms with Crippen LogP contribution in [0.5, 0.6) is 11.5 Å². The molecule has 0 bridgehead atoms.